The van der Waals surface area contributed by atoms with Crippen LogP contribution in [-0.2, 0) is 9.59 Å². The molecule has 8 heteroatoms. The number of fused-ring (bicyclic) bond motifs is 3. The molecule has 1 aliphatic carbocycles. The predicted molar refractivity (Wildman–Crippen MR) is 135 cm³/mol. The molecule has 0 N–H and O–H groups in total. The lowest BCUT2D eigenvalue weighted by Gasteiger charge is -2.40. The average Bonchev–Trinajstić information content (AvgIpc) is 3.60. The minimum absolute atomic E-state index is 0.0433. The van der Waals surface area contributed by atoms with Gasteiger partial charge in [-0.05, 0) is 62.2 Å². The van der Waals surface area contributed by atoms with E-state index in [-0.39, 0.29) is 24.4 Å². The highest BCUT2D eigenvalue weighted by Crippen LogP contribution is 2.45. The zero-order valence-electron chi connectivity index (χ0n) is 20.0. The first kappa shape index (κ1) is 23.3. The van der Waals surface area contributed by atoms with Crippen LogP contribution in [0.5, 0.6) is 11.5 Å². The summed E-state index contributed by atoms with van der Waals surface area (Å²) >= 11 is 6.15. The van der Waals surface area contributed by atoms with Crippen LogP contribution in [0.2, 0.25) is 0 Å². The topological polar surface area (TPSA) is 64.0 Å². The largest absolute Gasteiger partial charge is 0.497 e. The molecule has 1 fully saturated rings. The van der Waals surface area contributed by atoms with Gasteiger partial charge in [0.2, 0.25) is 11.8 Å². The summed E-state index contributed by atoms with van der Waals surface area (Å²) in [5.41, 5.74) is 3.37. The number of methoxy groups -OCH3 is 2. The lowest BCUT2D eigenvalue weighted by molar-refractivity contribution is -0.135. The van der Waals surface area contributed by atoms with Crippen molar-refractivity contribution in [2.24, 2.45) is 0 Å². The number of rotatable bonds is 7. The predicted octanol–water partition coefficient (Wildman–Crippen LogP) is 4.55. The molecule has 0 saturated heterocycles. The normalized spacial score (nSPS) is 17.3. The van der Waals surface area contributed by atoms with Crippen LogP contribution in [0.1, 0.15) is 37.1 Å². The summed E-state index contributed by atoms with van der Waals surface area (Å²) in [5, 5.41) is -0.691. The molecule has 2 amide bonds. The molecule has 1 aliphatic heterocycles. The Labute approximate surface area is 209 Å². The lowest BCUT2D eigenvalue weighted by Crippen LogP contribution is -2.48. The smallest absolute Gasteiger partial charge is 0.247 e. The Hall–Kier alpha value is -3.45. The van der Waals surface area contributed by atoms with E-state index >= 15 is 0 Å². The molecule has 2 unspecified atom stereocenters. The van der Waals surface area contributed by atoms with Crippen molar-refractivity contribution in [3.05, 3.63) is 72.1 Å². The fraction of sp³-hybridized carbons (Fsp3) is 0.333. The number of aromatic nitrogens is 1. The molecule has 0 bridgehead atoms. The molecule has 7 nitrogen and oxygen atoms in total. The van der Waals surface area contributed by atoms with Crippen molar-refractivity contribution in [3.8, 4) is 17.2 Å². The fourth-order valence-electron chi connectivity index (χ4n) is 4.83. The van der Waals surface area contributed by atoms with E-state index in [9.17, 15) is 9.59 Å². The first-order chi connectivity index (χ1) is 16.9. The van der Waals surface area contributed by atoms with Gasteiger partial charge < -0.3 is 18.9 Å². The summed E-state index contributed by atoms with van der Waals surface area (Å²) in [6.07, 6.45) is 3.76. The van der Waals surface area contributed by atoms with Crippen LogP contribution in [0, 0.1) is 0 Å². The van der Waals surface area contributed by atoms with E-state index in [2.05, 4.69) is 4.57 Å². The SMILES string of the molecule is COc1ccc(OC)c(C2c3cccn3-c3ccccc3N2C(=O)CN(C(=O)C(C)Cl)C2CC2)c1. The summed E-state index contributed by atoms with van der Waals surface area (Å²) in [6.45, 7) is 1.61. The highest BCUT2D eigenvalue weighted by Gasteiger charge is 2.41. The van der Waals surface area contributed by atoms with E-state index in [0.717, 1.165) is 35.5 Å². The van der Waals surface area contributed by atoms with Crippen LogP contribution in [0.25, 0.3) is 5.69 Å². The van der Waals surface area contributed by atoms with Crippen molar-refractivity contribution >= 4 is 29.1 Å². The van der Waals surface area contributed by atoms with Crippen molar-refractivity contribution in [1.29, 1.82) is 0 Å². The van der Waals surface area contributed by atoms with E-state index in [4.69, 9.17) is 21.1 Å². The minimum Gasteiger partial charge on any atom is -0.497 e. The first-order valence-corrected chi connectivity index (χ1v) is 12.1. The minimum atomic E-state index is -0.691. The van der Waals surface area contributed by atoms with Crippen molar-refractivity contribution < 1.29 is 19.1 Å². The zero-order valence-corrected chi connectivity index (χ0v) is 20.7. The van der Waals surface area contributed by atoms with E-state index in [1.807, 2.05) is 60.8 Å². The number of anilines is 1. The van der Waals surface area contributed by atoms with Gasteiger partial charge in [-0.3, -0.25) is 14.5 Å². The van der Waals surface area contributed by atoms with Crippen molar-refractivity contribution in [3.63, 3.8) is 0 Å². The third-order valence-corrected chi connectivity index (χ3v) is 6.82. The number of para-hydroxylation sites is 2. The molecule has 35 heavy (non-hydrogen) atoms. The van der Waals surface area contributed by atoms with Crippen LogP contribution in [0.3, 0.4) is 0 Å². The van der Waals surface area contributed by atoms with Gasteiger partial charge in [-0.15, -0.1) is 11.6 Å². The maximum absolute atomic E-state index is 14.1. The number of ether oxygens (including phenoxy) is 2. The Morgan fingerprint density at radius 1 is 1.06 bits per heavy atom. The Balaban J connectivity index is 1.65. The van der Waals surface area contributed by atoms with Crippen molar-refractivity contribution in [2.75, 3.05) is 25.7 Å². The number of halogens is 1. The number of carbonyl (C=O) groups is 2. The second kappa shape index (κ2) is 9.30. The molecular formula is C27H28ClN3O4. The Morgan fingerprint density at radius 2 is 1.80 bits per heavy atom. The Kier molecular flexibility index (Phi) is 6.19. The Bertz CT molecular complexity index is 1270. The molecule has 2 heterocycles. The van der Waals surface area contributed by atoms with Gasteiger partial charge in [0.25, 0.3) is 0 Å². The Morgan fingerprint density at radius 3 is 2.46 bits per heavy atom. The van der Waals surface area contributed by atoms with Crippen LogP contribution in [0.4, 0.5) is 5.69 Å². The van der Waals surface area contributed by atoms with Crippen LogP contribution in [0.15, 0.2) is 60.8 Å². The summed E-state index contributed by atoms with van der Waals surface area (Å²) < 4.78 is 13.3. The highest BCUT2D eigenvalue weighted by atomic mass is 35.5. The molecule has 5 rings (SSSR count). The third kappa shape index (κ3) is 4.14. The zero-order chi connectivity index (χ0) is 24.7. The lowest BCUT2D eigenvalue weighted by atomic mass is 9.96. The maximum atomic E-state index is 14.1. The van der Waals surface area contributed by atoms with Gasteiger partial charge in [-0.1, -0.05) is 12.1 Å². The van der Waals surface area contributed by atoms with Crippen LogP contribution in [-0.4, -0.2) is 53.5 Å². The number of nitrogens with zero attached hydrogens (tertiary/aromatic N) is 3. The van der Waals surface area contributed by atoms with Gasteiger partial charge in [0.15, 0.2) is 0 Å². The maximum Gasteiger partial charge on any atom is 0.247 e. The van der Waals surface area contributed by atoms with Gasteiger partial charge in [0, 0.05) is 17.8 Å². The van der Waals surface area contributed by atoms with Crippen molar-refractivity contribution in [2.45, 2.75) is 37.2 Å². The molecule has 2 aromatic carbocycles. The molecule has 0 spiro atoms. The van der Waals surface area contributed by atoms with Gasteiger partial charge in [0.05, 0.1) is 31.3 Å². The number of carbonyl (C=O) groups excluding carboxylic acids is 2. The molecule has 2 atom stereocenters. The van der Waals surface area contributed by atoms with Crippen LogP contribution < -0.4 is 14.4 Å². The molecule has 182 valence electrons. The van der Waals surface area contributed by atoms with E-state index in [0.29, 0.717) is 11.5 Å². The van der Waals surface area contributed by atoms with Gasteiger partial charge in [-0.25, -0.2) is 0 Å². The molecule has 2 aliphatic rings. The molecule has 0 radical (unpaired) electrons. The average molecular weight is 494 g/mol. The van der Waals surface area contributed by atoms with E-state index in [1.165, 1.54) is 0 Å². The quantitative estimate of drug-likeness (QED) is 0.453. The number of hydrogen-bond acceptors (Lipinski definition) is 4. The first-order valence-electron chi connectivity index (χ1n) is 11.7. The number of amides is 2. The summed E-state index contributed by atoms with van der Waals surface area (Å²) in [5.74, 6) is 0.908. The third-order valence-electron chi connectivity index (χ3n) is 6.64. The van der Waals surface area contributed by atoms with Gasteiger partial charge in [0.1, 0.15) is 29.5 Å². The number of alkyl halides is 1. The number of benzene rings is 2. The molecular weight excluding hydrogens is 466 g/mol. The standard InChI is InChI=1S/C27H28ClN3O4/c1-17(28)27(33)30(18-10-11-18)16-25(32)31-22-8-5-4-7-21(22)29-14-6-9-23(29)26(31)20-15-19(34-2)12-13-24(20)35-3/h4-9,12-15,17-18,26H,10-11,16H2,1-3H3. The fourth-order valence-corrected chi connectivity index (χ4v) is 4.96. The monoisotopic (exact) mass is 493 g/mol. The van der Waals surface area contributed by atoms with E-state index in [1.54, 1.807) is 30.9 Å². The second-order valence-corrected chi connectivity index (χ2v) is 9.53. The summed E-state index contributed by atoms with van der Waals surface area (Å²) in [6, 6.07) is 16.9. The van der Waals surface area contributed by atoms with Crippen LogP contribution >= 0.6 is 11.6 Å². The van der Waals surface area contributed by atoms with Gasteiger partial charge >= 0.3 is 0 Å². The van der Waals surface area contributed by atoms with Crippen molar-refractivity contribution in [1.82, 2.24) is 9.47 Å². The summed E-state index contributed by atoms with van der Waals surface area (Å²) in [4.78, 5) is 30.4. The number of hydrogen-bond donors (Lipinski definition) is 0. The van der Waals surface area contributed by atoms with E-state index < -0.39 is 11.4 Å². The van der Waals surface area contributed by atoms with Gasteiger partial charge in [-0.2, -0.15) is 0 Å². The molecule has 3 aromatic rings. The second-order valence-electron chi connectivity index (χ2n) is 8.88. The summed E-state index contributed by atoms with van der Waals surface area (Å²) in [7, 11) is 3.22. The molecule has 1 aromatic heterocycles. The highest BCUT2D eigenvalue weighted by molar-refractivity contribution is 6.30. The molecule has 1 saturated carbocycles.